The van der Waals surface area contributed by atoms with Crippen LogP contribution in [-0.4, -0.2) is 51.6 Å². The molecule has 186 valence electrons. The molecule has 0 fully saturated rings. The molecular formula is C26H28N6O4. The van der Waals surface area contributed by atoms with Crippen molar-refractivity contribution in [3.63, 3.8) is 0 Å². The fourth-order valence-electron chi connectivity index (χ4n) is 2.89. The molecule has 0 atom stereocenters. The third kappa shape index (κ3) is 8.82. The predicted octanol–water partition coefficient (Wildman–Crippen LogP) is 2.83. The van der Waals surface area contributed by atoms with Crippen LogP contribution in [0.25, 0.3) is 0 Å². The molecule has 3 rings (SSSR count). The second-order valence-electron chi connectivity index (χ2n) is 7.42. The fraction of sp³-hybridized carbons (Fsp3) is 0.154. The van der Waals surface area contributed by atoms with E-state index >= 15 is 0 Å². The van der Waals surface area contributed by atoms with Gasteiger partial charge in [-0.3, -0.25) is 9.59 Å². The summed E-state index contributed by atoms with van der Waals surface area (Å²) in [5, 5.41) is 13.9. The Kier molecular flexibility index (Phi) is 9.84. The van der Waals surface area contributed by atoms with Crippen LogP contribution in [0.15, 0.2) is 83.0 Å². The molecule has 0 saturated carbocycles. The van der Waals surface area contributed by atoms with E-state index in [1.807, 2.05) is 72.8 Å². The lowest BCUT2D eigenvalue weighted by Crippen LogP contribution is -2.25. The minimum atomic E-state index is -0.275. The molecule has 3 aromatic rings. The van der Waals surface area contributed by atoms with Gasteiger partial charge in [0.1, 0.15) is 11.5 Å². The van der Waals surface area contributed by atoms with Gasteiger partial charge in [-0.1, -0.05) is 24.3 Å². The molecule has 2 amide bonds. The number of nitrogens with one attached hydrogen (secondary N) is 4. The Bertz CT molecular complexity index is 1080. The molecule has 3 aromatic carbocycles. The zero-order valence-corrected chi connectivity index (χ0v) is 20.0. The van der Waals surface area contributed by atoms with Gasteiger partial charge in [0.15, 0.2) is 0 Å². The lowest BCUT2D eigenvalue weighted by atomic mass is 10.2. The van der Waals surface area contributed by atoms with Crippen LogP contribution in [-0.2, 0) is 9.59 Å². The first-order chi connectivity index (χ1) is 17.6. The standard InChI is InChI=1S/C26H28N6O4/c1-35-23-11-7-21(8-12-23)27-17-25(33)31-29-15-19-3-5-20(6-4-19)16-30-32-26(34)18-28-22-9-13-24(36-2)14-10-22/h3-16,27-28H,17-18H2,1-2H3,(H,31,33)(H,32,34)/b29-15-,30-16-. The molecule has 0 spiro atoms. The zero-order chi connectivity index (χ0) is 25.6. The van der Waals surface area contributed by atoms with E-state index in [0.29, 0.717) is 0 Å². The first-order valence-electron chi connectivity index (χ1n) is 11.1. The Morgan fingerprint density at radius 2 is 1.00 bits per heavy atom. The molecule has 0 aliphatic carbocycles. The Balaban J connectivity index is 1.35. The van der Waals surface area contributed by atoms with Crippen LogP contribution in [0, 0.1) is 0 Å². The maximum absolute atomic E-state index is 11.9. The van der Waals surface area contributed by atoms with Crippen molar-refractivity contribution >= 4 is 35.6 Å². The normalized spacial score (nSPS) is 10.7. The number of methoxy groups -OCH3 is 2. The number of rotatable bonds is 12. The fourth-order valence-corrected chi connectivity index (χ4v) is 2.89. The van der Waals surface area contributed by atoms with Gasteiger partial charge in [-0.15, -0.1) is 0 Å². The molecule has 0 saturated heterocycles. The van der Waals surface area contributed by atoms with Gasteiger partial charge in [-0.2, -0.15) is 10.2 Å². The quantitative estimate of drug-likeness (QED) is 0.230. The van der Waals surface area contributed by atoms with E-state index in [0.717, 1.165) is 34.0 Å². The van der Waals surface area contributed by atoms with Crippen molar-refractivity contribution in [3.8, 4) is 11.5 Å². The van der Waals surface area contributed by atoms with E-state index in [4.69, 9.17) is 9.47 Å². The van der Waals surface area contributed by atoms with Gasteiger partial charge in [0.05, 0.1) is 39.7 Å². The molecule has 0 heterocycles. The van der Waals surface area contributed by atoms with Gasteiger partial charge in [0.2, 0.25) is 0 Å². The Hall–Kier alpha value is -4.86. The highest BCUT2D eigenvalue weighted by Crippen LogP contribution is 2.15. The van der Waals surface area contributed by atoms with Crippen LogP contribution in [0.5, 0.6) is 11.5 Å². The molecule has 10 heteroatoms. The number of carbonyl (C=O) groups is 2. The number of hydrazone groups is 2. The highest BCUT2D eigenvalue weighted by molar-refractivity contribution is 5.87. The summed E-state index contributed by atoms with van der Waals surface area (Å²) < 4.78 is 10.2. The molecule has 0 radical (unpaired) electrons. The molecule has 36 heavy (non-hydrogen) atoms. The van der Waals surface area contributed by atoms with E-state index in [2.05, 4.69) is 31.7 Å². The van der Waals surface area contributed by atoms with Crippen molar-refractivity contribution in [1.29, 1.82) is 0 Å². The summed E-state index contributed by atoms with van der Waals surface area (Å²) in [5.41, 5.74) is 8.14. The second-order valence-corrected chi connectivity index (χ2v) is 7.42. The Morgan fingerprint density at radius 3 is 1.33 bits per heavy atom. The summed E-state index contributed by atoms with van der Waals surface area (Å²) in [6, 6.07) is 21.8. The summed E-state index contributed by atoms with van der Waals surface area (Å²) in [4.78, 5) is 23.9. The predicted molar refractivity (Wildman–Crippen MR) is 141 cm³/mol. The molecule has 0 aliphatic rings. The van der Waals surface area contributed by atoms with E-state index < -0.39 is 0 Å². The summed E-state index contributed by atoms with van der Waals surface area (Å²) in [6.45, 7) is 0.167. The van der Waals surface area contributed by atoms with Gasteiger partial charge < -0.3 is 20.1 Å². The van der Waals surface area contributed by atoms with Crippen LogP contribution in [0.4, 0.5) is 11.4 Å². The molecule has 0 aliphatic heterocycles. The highest BCUT2D eigenvalue weighted by atomic mass is 16.5. The minimum absolute atomic E-state index is 0.0837. The second kappa shape index (κ2) is 13.8. The third-order valence-electron chi connectivity index (χ3n) is 4.83. The topological polar surface area (TPSA) is 125 Å². The monoisotopic (exact) mass is 488 g/mol. The van der Waals surface area contributed by atoms with Crippen LogP contribution in [0.2, 0.25) is 0 Å². The maximum atomic E-state index is 11.9. The number of hydrogen-bond donors (Lipinski definition) is 4. The molecule has 4 N–H and O–H groups in total. The highest BCUT2D eigenvalue weighted by Gasteiger charge is 2.01. The van der Waals surface area contributed by atoms with Crippen molar-refractivity contribution in [2.75, 3.05) is 37.9 Å². The smallest absolute Gasteiger partial charge is 0.259 e. The first kappa shape index (κ1) is 25.8. The van der Waals surface area contributed by atoms with Gasteiger partial charge in [-0.05, 0) is 59.7 Å². The number of benzene rings is 3. The molecule has 0 unspecified atom stereocenters. The van der Waals surface area contributed by atoms with E-state index in [1.165, 1.54) is 0 Å². The Labute approximate surface area is 209 Å². The zero-order valence-electron chi connectivity index (χ0n) is 20.0. The third-order valence-corrected chi connectivity index (χ3v) is 4.83. The average molecular weight is 489 g/mol. The van der Waals surface area contributed by atoms with Crippen molar-refractivity contribution in [2.24, 2.45) is 10.2 Å². The maximum Gasteiger partial charge on any atom is 0.259 e. The number of nitrogens with zero attached hydrogens (tertiary/aromatic N) is 2. The van der Waals surface area contributed by atoms with Crippen molar-refractivity contribution in [2.45, 2.75) is 0 Å². The van der Waals surface area contributed by atoms with E-state index in [-0.39, 0.29) is 24.9 Å². The summed E-state index contributed by atoms with van der Waals surface area (Å²) in [5.74, 6) is 0.940. The van der Waals surface area contributed by atoms with Gasteiger partial charge >= 0.3 is 0 Å². The summed E-state index contributed by atoms with van der Waals surface area (Å²) in [7, 11) is 3.19. The van der Waals surface area contributed by atoms with Crippen LogP contribution >= 0.6 is 0 Å². The van der Waals surface area contributed by atoms with Gasteiger partial charge in [0.25, 0.3) is 11.8 Å². The van der Waals surface area contributed by atoms with E-state index in [9.17, 15) is 9.59 Å². The van der Waals surface area contributed by atoms with Crippen LogP contribution in [0.1, 0.15) is 11.1 Å². The first-order valence-corrected chi connectivity index (χ1v) is 11.1. The number of anilines is 2. The van der Waals surface area contributed by atoms with Crippen molar-refractivity contribution < 1.29 is 19.1 Å². The largest absolute Gasteiger partial charge is 0.497 e. The number of amides is 2. The van der Waals surface area contributed by atoms with Gasteiger partial charge in [0, 0.05) is 11.4 Å². The number of ether oxygens (including phenoxy) is 2. The van der Waals surface area contributed by atoms with Crippen molar-refractivity contribution in [1.82, 2.24) is 10.9 Å². The van der Waals surface area contributed by atoms with Crippen molar-refractivity contribution in [3.05, 3.63) is 83.9 Å². The van der Waals surface area contributed by atoms with Crippen LogP contribution in [0.3, 0.4) is 0 Å². The number of hydrogen-bond acceptors (Lipinski definition) is 8. The number of carbonyl (C=O) groups excluding carboxylic acids is 2. The van der Waals surface area contributed by atoms with Crippen LogP contribution < -0.4 is 31.0 Å². The molecular weight excluding hydrogens is 460 g/mol. The lowest BCUT2D eigenvalue weighted by molar-refractivity contribution is -0.120. The molecule has 0 bridgehead atoms. The molecule has 10 nitrogen and oxygen atoms in total. The average Bonchev–Trinajstić information content (AvgIpc) is 2.92. The lowest BCUT2D eigenvalue weighted by Gasteiger charge is -2.06. The van der Waals surface area contributed by atoms with Gasteiger partial charge in [-0.25, -0.2) is 10.9 Å². The minimum Gasteiger partial charge on any atom is -0.497 e. The summed E-state index contributed by atoms with van der Waals surface area (Å²) in [6.07, 6.45) is 3.08. The molecule has 0 aromatic heterocycles. The van der Waals surface area contributed by atoms with E-state index in [1.54, 1.807) is 26.6 Å². The SMILES string of the molecule is COc1ccc(NCC(=O)N/N=C\c2ccc(/C=N\NC(=O)CNc3ccc(OC)cc3)cc2)cc1. The summed E-state index contributed by atoms with van der Waals surface area (Å²) >= 11 is 0. The Morgan fingerprint density at radius 1 is 0.639 bits per heavy atom.